The summed E-state index contributed by atoms with van der Waals surface area (Å²) in [6.45, 7) is 9.18. The molecule has 0 spiro atoms. The summed E-state index contributed by atoms with van der Waals surface area (Å²) in [6, 6.07) is 10.3. The van der Waals surface area contributed by atoms with Crippen LogP contribution in [0.4, 0.5) is 4.79 Å². The Morgan fingerprint density at radius 1 is 1.15 bits per heavy atom. The van der Waals surface area contributed by atoms with Crippen LogP contribution in [0.1, 0.15) is 39.2 Å². The number of carbonyl (C=O) groups is 2. The Morgan fingerprint density at radius 3 is 2.54 bits per heavy atom. The molecule has 144 valence electrons. The van der Waals surface area contributed by atoms with Crippen molar-refractivity contribution < 1.29 is 14.3 Å². The van der Waals surface area contributed by atoms with Gasteiger partial charge in [0, 0.05) is 26.2 Å². The van der Waals surface area contributed by atoms with Gasteiger partial charge >= 0.3 is 6.09 Å². The van der Waals surface area contributed by atoms with Crippen LogP contribution in [0, 0.1) is 5.92 Å². The van der Waals surface area contributed by atoms with E-state index in [0.717, 1.165) is 26.1 Å². The zero-order chi connectivity index (χ0) is 19.0. The van der Waals surface area contributed by atoms with Crippen LogP contribution >= 0.6 is 0 Å². The van der Waals surface area contributed by atoms with Gasteiger partial charge in [-0.1, -0.05) is 30.3 Å². The number of rotatable bonds is 7. The Kier molecular flexibility index (Phi) is 7.45. The third kappa shape index (κ3) is 7.44. The fourth-order valence-electron chi connectivity index (χ4n) is 2.98. The lowest BCUT2D eigenvalue weighted by Crippen LogP contribution is -2.36. The molecule has 0 bridgehead atoms. The number of amides is 2. The van der Waals surface area contributed by atoms with Crippen molar-refractivity contribution in [2.45, 2.75) is 45.8 Å². The van der Waals surface area contributed by atoms with E-state index in [1.807, 2.05) is 39.0 Å². The van der Waals surface area contributed by atoms with Crippen LogP contribution in [-0.2, 0) is 16.1 Å². The molecule has 1 unspecified atom stereocenters. The van der Waals surface area contributed by atoms with E-state index >= 15 is 0 Å². The minimum atomic E-state index is -0.494. The third-order valence-electron chi connectivity index (χ3n) is 4.21. The Labute approximate surface area is 156 Å². The largest absolute Gasteiger partial charge is 0.444 e. The smallest absolute Gasteiger partial charge is 0.407 e. The maximum atomic E-state index is 12.3. The molecule has 1 aliphatic heterocycles. The predicted octanol–water partition coefficient (Wildman–Crippen LogP) is 2.54. The predicted molar refractivity (Wildman–Crippen MR) is 102 cm³/mol. The third-order valence-corrected chi connectivity index (χ3v) is 4.21. The van der Waals surface area contributed by atoms with Gasteiger partial charge in [0.25, 0.3) is 0 Å². The Hall–Kier alpha value is -2.08. The van der Waals surface area contributed by atoms with Gasteiger partial charge < -0.3 is 15.4 Å². The highest BCUT2D eigenvalue weighted by Crippen LogP contribution is 2.18. The van der Waals surface area contributed by atoms with E-state index < -0.39 is 11.7 Å². The van der Waals surface area contributed by atoms with Crippen molar-refractivity contribution in [3.63, 3.8) is 0 Å². The maximum absolute atomic E-state index is 12.3. The number of benzene rings is 1. The summed E-state index contributed by atoms with van der Waals surface area (Å²) in [5.41, 5.74) is 0.786. The SMILES string of the molecule is CC(C)(C)OC(=O)NCCCNC(=O)C1CCN(Cc2ccccc2)C1. The zero-order valence-corrected chi connectivity index (χ0v) is 16.1. The summed E-state index contributed by atoms with van der Waals surface area (Å²) < 4.78 is 5.16. The lowest BCUT2D eigenvalue weighted by molar-refractivity contribution is -0.124. The second-order valence-electron chi connectivity index (χ2n) is 7.78. The highest BCUT2D eigenvalue weighted by Gasteiger charge is 2.27. The van der Waals surface area contributed by atoms with Crippen molar-refractivity contribution in [2.24, 2.45) is 5.92 Å². The van der Waals surface area contributed by atoms with E-state index in [1.54, 1.807) is 0 Å². The van der Waals surface area contributed by atoms with Gasteiger partial charge in [-0.15, -0.1) is 0 Å². The number of ether oxygens (including phenoxy) is 1. The molecule has 0 radical (unpaired) electrons. The molecule has 1 aromatic carbocycles. The molecule has 1 aliphatic rings. The molecular weight excluding hydrogens is 330 g/mol. The fourth-order valence-corrected chi connectivity index (χ4v) is 2.98. The van der Waals surface area contributed by atoms with E-state index in [2.05, 4.69) is 27.7 Å². The molecule has 2 rings (SSSR count). The van der Waals surface area contributed by atoms with Crippen LogP contribution in [0.2, 0.25) is 0 Å². The first-order valence-corrected chi connectivity index (χ1v) is 9.34. The molecule has 6 nitrogen and oxygen atoms in total. The van der Waals surface area contributed by atoms with Crippen LogP contribution in [-0.4, -0.2) is 48.7 Å². The van der Waals surface area contributed by atoms with E-state index in [9.17, 15) is 9.59 Å². The standard InChI is InChI=1S/C20H31N3O3/c1-20(2,3)26-19(25)22-12-7-11-21-18(24)17-10-13-23(15-17)14-16-8-5-4-6-9-16/h4-6,8-9,17H,7,10-15H2,1-3H3,(H,21,24)(H,22,25). The van der Waals surface area contributed by atoms with Crippen LogP contribution in [0.15, 0.2) is 30.3 Å². The quantitative estimate of drug-likeness (QED) is 0.732. The molecule has 1 aromatic rings. The van der Waals surface area contributed by atoms with Crippen LogP contribution in [0.3, 0.4) is 0 Å². The molecule has 2 amide bonds. The van der Waals surface area contributed by atoms with E-state index in [4.69, 9.17) is 4.74 Å². The van der Waals surface area contributed by atoms with Crippen molar-refractivity contribution in [1.29, 1.82) is 0 Å². The maximum Gasteiger partial charge on any atom is 0.407 e. The average molecular weight is 361 g/mol. The van der Waals surface area contributed by atoms with Crippen LogP contribution in [0.5, 0.6) is 0 Å². The molecule has 26 heavy (non-hydrogen) atoms. The fraction of sp³-hybridized carbons (Fsp3) is 0.600. The van der Waals surface area contributed by atoms with Gasteiger partial charge in [0.1, 0.15) is 5.60 Å². The molecular formula is C20H31N3O3. The van der Waals surface area contributed by atoms with Crippen molar-refractivity contribution in [3.8, 4) is 0 Å². The first-order valence-electron chi connectivity index (χ1n) is 9.34. The number of nitrogens with one attached hydrogen (secondary N) is 2. The monoisotopic (exact) mass is 361 g/mol. The molecule has 2 N–H and O–H groups in total. The molecule has 6 heteroatoms. The Morgan fingerprint density at radius 2 is 1.85 bits per heavy atom. The number of likely N-dealkylation sites (tertiary alicyclic amines) is 1. The summed E-state index contributed by atoms with van der Waals surface area (Å²) in [4.78, 5) is 26.1. The molecule has 1 fully saturated rings. The van der Waals surface area contributed by atoms with Crippen molar-refractivity contribution in [2.75, 3.05) is 26.2 Å². The van der Waals surface area contributed by atoms with Crippen molar-refractivity contribution in [3.05, 3.63) is 35.9 Å². The molecule has 1 saturated heterocycles. The average Bonchev–Trinajstić information content (AvgIpc) is 3.02. The number of hydrogen-bond donors (Lipinski definition) is 2. The minimum Gasteiger partial charge on any atom is -0.444 e. The number of alkyl carbamates (subject to hydrolysis) is 1. The molecule has 0 aromatic heterocycles. The summed E-state index contributed by atoms with van der Waals surface area (Å²) in [7, 11) is 0. The lowest BCUT2D eigenvalue weighted by Gasteiger charge is -2.19. The van der Waals surface area contributed by atoms with E-state index in [1.165, 1.54) is 5.56 Å². The molecule has 1 atom stereocenters. The van der Waals surface area contributed by atoms with Gasteiger partial charge in [0.15, 0.2) is 0 Å². The topological polar surface area (TPSA) is 70.7 Å². The summed E-state index contributed by atoms with van der Waals surface area (Å²) in [5.74, 6) is 0.162. The number of carbonyl (C=O) groups excluding carboxylic acids is 2. The Bertz CT molecular complexity index is 584. The summed E-state index contributed by atoms with van der Waals surface area (Å²) in [5, 5.41) is 5.67. The normalized spacial score (nSPS) is 17.7. The second-order valence-corrected chi connectivity index (χ2v) is 7.78. The number of hydrogen-bond acceptors (Lipinski definition) is 4. The van der Waals surface area contributed by atoms with Gasteiger partial charge in [-0.2, -0.15) is 0 Å². The first kappa shape index (κ1) is 20.2. The number of nitrogens with zero attached hydrogens (tertiary/aromatic N) is 1. The molecule has 0 aliphatic carbocycles. The van der Waals surface area contributed by atoms with Gasteiger partial charge in [0.05, 0.1) is 5.92 Å². The van der Waals surface area contributed by atoms with Gasteiger partial charge in [-0.05, 0) is 45.7 Å². The second kappa shape index (κ2) is 9.57. The summed E-state index contributed by atoms with van der Waals surface area (Å²) >= 11 is 0. The van der Waals surface area contributed by atoms with Gasteiger partial charge in [-0.25, -0.2) is 4.79 Å². The van der Waals surface area contributed by atoms with Crippen molar-refractivity contribution >= 4 is 12.0 Å². The van der Waals surface area contributed by atoms with E-state index in [-0.39, 0.29) is 11.8 Å². The van der Waals surface area contributed by atoms with E-state index in [0.29, 0.717) is 19.5 Å². The van der Waals surface area contributed by atoms with Gasteiger partial charge in [0.2, 0.25) is 5.91 Å². The highest BCUT2D eigenvalue weighted by molar-refractivity contribution is 5.79. The lowest BCUT2D eigenvalue weighted by atomic mass is 10.1. The first-order chi connectivity index (χ1) is 12.3. The summed E-state index contributed by atoms with van der Waals surface area (Å²) in [6.07, 6.45) is 1.16. The Balaban J connectivity index is 1.58. The minimum absolute atomic E-state index is 0.0533. The molecule has 1 heterocycles. The highest BCUT2D eigenvalue weighted by atomic mass is 16.6. The molecule has 0 saturated carbocycles. The van der Waals surface area contributed by atoms with Crippen LogP contribution < -0.4 is 10.6 Å². The van der Waals surface area contributed by atoms with Crippen LogP contribution in [0.25, 0.3) is 0 Å². The van der Waals surface area contributed by atoms with Gasteiger partial charge in [-0.3, -0.25) is 9.69 Å². The zero-order valence-electron chi connectivity index (χ0n) is 16.1. The van der Waals surface area contributed by atoms with Crippen molar-refractivity contribution in [1.82, 2.24) is 15.5 Å².